The van der Waals surface area contributed by atoms with E-state index >= 15 is 0 Å². The molecule has 0 fully saturated rings. The minimum Gasteiger partial charge on any atom is -0.330 e. The van der Waals surface area contributed by atoms with Gasteiger partial charge < -0.3 is 15.2 Å². The van der Waals surface area contributed by atoms with Crippen molar-refractivity contribution >= 4 is 13.5 Å². The zero-order valence-electron chi connectivity index (χ0n) is 11.6. The van der Waals surface area contributed by atoms with Crippen molar-refractivity contribution in [3.63, 3.8) is 0 Å². The summed E-state index contributed by atoms with van der Waals surface area (Å²) in [7, 11) is 1.20. The van der Waals surface area contributed by atoms with E-state index in [1.54, 1.807) is 21.1 Å². The van der Waals surface area contributed by atoms with Gasteiger partial charge in [-0.05, 0) is 19.4 Å². The first-order valence-corrected chi connectivity index (χ1v) is 7.96. The number of hydrogen-bond donors (Lipinski definition) is 2. The van der Waals surface area contributed by atoms with E-state index in [1.807, 2.05) is 0 Å². The van der Waals surface area contributed by atoms with Crippen molar-refractivity contribution in [3.05, 3.63) is 0 Å². The second-order valence-electron chi connectivity index (χ2n) is 5.24. The Morgan fingerprint density at radius 3 is 2.28 bits per heavy atom. The number of nitrogens with two attached hydrogens (primary N) is 1. The van der Waals surface area contributed by atoms with Crippen LogP contribution < -0.4 is 5.73 Å². The lowest BCUT2D eigenvalue weighted by molar-refractivity contribution is -0.791. The molecule has 0 aliphatic carbocycles. The third-order valence-electron chi connectivity index (χ3n) is 2.47. The predicted molar refractivity (Wildman–Crippen MR) is 71.2 cm³/mol. The highest BCUT2D eigenvalue weighted by Crippen LogP contribution is 2.42. The molecule has 6 nitrogen and oxygen atoms in total. The van der Waals surface area contributed by atoms with E-state index in [0.29, 0.717) is 13.0 Å². The van der Waals surface area contributed by atoms with Crippen molar-refractivity contribution in [1.82, 2.24) is 0 Å². The van der Waals surface area contributed by atoms with E-state index in [4.69, 9.17) is 10.3 Å². The Balaban J connectivity index is 3.88. The summed E-state index contributed by atoms with van der Waals surface area (Å²) in [5.74, 6) is -0.316. The lowest BCUT2D eigenvalue weighted by Gasteiger charge is -2.21. The largest absolute Gasteiger partial charge is 0.341 e. The molecule has 0 rings (SSSR count). The van der Waals surface area contributed by atoms with E-state index in [1.165, 1.54) is 0 Å². The second kappa shape index (κ2) is 8.02. The molecule has 18 heavy (non-hydrogen) atoms. The van der Waals surface area contributed by atoms with Crippen molar-refractivity contribution in [2.45, 2.75) is 25.7 Å². The molecule has 3 N–H and O–H groups in total. The molecule has 0 saturated heterocycles. The van der Waals surface area contributed by atoms with Gasteiger partial charge >= 0.3 is 13.5 Å². The fourth-order valence-corrected chi connectivity index (χ4v) is 2.51. The first-order chi connectivity index (χ1) is 8.19. The average molecular weight is 281 g/mol. The Labute approximate surface area is 109 Å². The van der Waals surface area contributed by atoms with Crippen molar-refractivity contribution in [1.29, 1.82) is 0 Å². The Bertz CT molecular complexity index is 302. The standard InChI is InChI=1S/C11H25N2O4P/c1-13(2,3)11(14)10-18(15,16)17-9-7-5-4-6-8-12/h4-10,12H2,1-3H3/p+1. The van der Waals surface area contributed by atoms with Crippen LogP contribution in [0.1, 0.15) is 25.7 Å². The van der Waals surface area contributed by atoms with Gasteiger partial charge in [0.2, 0.25) is 0 Å². The Kier molecular flexibility index (Phi) is 7.90. The number of nitrogens with zero attached hydrogens (tertiary/aromatic N) is 1. The molecule has 1 unspecified atom stereocenters. The number of carbonyl (C=O) groups is 1. The van der Waals surface area contributed by atoms with Gasteiger partial charge in [-0.2, -0.15) is 0 Å². The molecular weight excluding hydrogens is 255 g/mol. The van der Waals surface area contributed by atoms with Crippen molar-refractivity contribution < 1.29 is 23.3 Å². The van der Waals surface area contributed by atoms with E-state index in [-0.39, 0.29) is 17.0 Å². The van der Waals surface area contributed by atoms with Crippen LogP contribution in [0, 0.1) is 0 Å². The highest BCUT2D eigenvalue weighted by molar-refractivity contribution is 7.53. The molecule has 0 saturated carbocycles. The molecule has 0 aliphatic heterocycles. The van der Waals surface area contributed by atoms with E-state index in [0.717, 1.165) is 19.3 Å². The third kappa shape index (κ3) is 8.78. The van der Waals surface area contributed by atoms with Crippen LogP contribution in [-0.2, 0) is 13.9 Å². The molecule has 0 spiro atoms. The van der Waals surface area contributed by atoms with Gasteiger partial charge in [0, 0.05) is 0 Å². The minimum absolute atomic E-state index is 0.0183. The van der Waals surface area contributed by atoms with Crippen LogP contribution in [-0.4, -0.2) is 55.7 Å². The quantitative estimate of drug-likeness (QED) is 0.373. The van der Waals surface area contributed by atoms with Gasteiger partial charge in [-0.1, -0.05) is 12.8 Å². The van der Waals surface area contributed by atoms with Crippen molar-refractivity contribution in [2.24, 2.45) is 5.73 Å². The number of quaternary nitrogens is 1. The van der Waals surface area contributed by atoms with Gasteiger partial charge in [0.1, 0.15) is 0 Å². The molecule has 1 atom stereocenters. The molecule has 0 aliphatic rings. The fraction of sp³-hybridized carbons (Fsp3) is 0.909. The molecular formula is C11H26N2O4P+. The topological polar surface area (TPSA) is 89.6 Å². The predicted octanol–water partition coefficient (Wildman–Crippen LogP) is 0.940. The monoisotopic (exact) mass is 281 g/mol. The molecule has 7 heteroatoms. The number of unbranched alkanes of at least 4 members (excludes halogenated alkanes) is 3. The maximum absolute atomic E-state index is 11.6. The van der Waals surface area contributed by atoms with Crippen LogP contribution in [0.15, 0.2) is 0 Å². The Hall–Kier alpha value is -0.260. The van der Waals surface area contributed by atoms with Crippen LogP contribution >= 0.6 is 7.60 Å². The summed E-state index contributed by atoms with van der Waals surface area (Å²) in [5, 5.41) is 0. The number of hydrogen-bond acceptors (Lipinski definition) is 4. The molecule has 0 aromatic heterocycles. The molecule has 1 amide bonds. The highest BCUT2D eigenvalue weighted by Gasteiger charge is 2.31. The molecule has 108 valence electrons. The smallest absolute Gasteiger partial charge is 0.330 e. The normalized spacial score (nSPS) is 15.4. The number of amides is 1. The summed E-state index contributed by atoms with van der Waals surface area (Å²) < 4.78 is 16.6. The summed E-state index contributed by atoms with van der Waals surface area (Å²) in [6.45, 7) is 0.875. The average Bonchev–Trinajstić information content (AvgIpc) is 2.21. The van der Waals surface area contributed by atoms with Gasteiger partial charge in [-0.25, -0.2) is 4.79 Å². The summed E-state index contributed by atoms with van der Waals surface area (Å²) in [5.41, 5.74) is 5.35. The summed E-state index contributed by atoms with van der Waals surface area (Å²) in [4.78, 5) is 21.1. The van der Waals surface area contributed by atoms with Gasteiger partial charge in [0.05, 0.1) is 27.7 Å². The second-order valence-corrected chi connectivity index (χ2v) is 7.09. The van der Waals surface area contributed by atoms with E-state index in [2.05, 4.69) is 0 Å². The van der Waals surface area contributed by atoms with Gasteiger partial charge in [-0.15, -0.1) is 0 Å². The Morgan fingerprint density at radius 1 is 1.22 bits per heavy atom. The minimum atomic E-state index is -3.79. The number of rotatable bonds is 9. The first kappa shape index (κ1) is 17.7. The third-order valence-corrected chi connectivity index (χ3v) is 3.73. The molecule has 0 aromatic carbocycles. The van der Waals surface area contributed by atoms with Crippen LogP contribution in [0.4, 0.5) is 0 Å². The van der Waals surface area contributed by atoms with Crippen LogP contribution in [0.25, 0.3) is 0 Å². The lowest BCUT2D eigenvalue weighted by atomic mass is 10.2. The van der Waals surface area contributed by atoms with E-state index in [9.17, 15) is 14.3 Å². The van der Waals surface area contributed by atoms with Crippen molar-refractivity contribution in [3.8, 4) is 0 Å². The summed E-state index contributed by atoms with van der Waals surface area (Å²) in [6.07, 6.45) is 3.15. The zero-order chi connectivity index (χ0) is 14.2. The zero-order valence-corrected chi connectivity index (χ0v) is 12.5. The Morgan fingerprint density at radius 2 is 1.78 bits per heavy atom. The molecule has 0 bridgehead atoms. The maximum Gasteiger partial charge on any atom is 0.341 e. The molecule has 0 heterocycles. The van der Waals surface area contributed by atoms with Crippen LogP contribution in [0.3, 0.4) is 0 Å². The van der Waals surface area contributed by atoms with Crippen LogP contribution in [0.2, 0.25) is 0 Å². The highest BCUT2D eigenvalue weighted by atomic mass is 31.2. The SMILES string of the molecule is C[N+](C)(C)C(=O)CP(=O)(O)OCCCCCCN. The van der Waals surface area contributed by atoms with Gasteiger partial charge in [0.25, 0.3) is 0 Å². The van der Waals surface area contributed by atoms with Crippen LogP contribution in [0.5, 0.6) is 0 Å². The fourth-order valence-electron chi connectivity index (χ4n) is 1.24. The molecule has 0 radical (unpaired) electrons. The molecule has 0 aromatic rings. The van der Waals surface area contributed by atoms with Gasteiger partial charge in [-0.3, -0.25) is 9.05 Å². The lowest BCUT2D eigenvalue weighted by Crippen LogP contribution is -2.43. The first-order valence-electron chi connectivity index (χ1n) is 6.20. The summed E-state index contributed by atoms with van der Waals surface area (Å²) >= 11 is 0. The summed E-state index contributed by atoms with van der Waals surface area (Å²) in [6, 6.07) is 0. The van der Waals surface area contributed by atoms with Gasteiger partial charge in [0.15, 0.2) is 6.16 Å². The van der Waals surface area contributed by atoms with Crippen molar-refractivity contribution in [2.75, 3.05) is 40.5 Å². The number of carbonyl (C=O) groups excluding carboxylic acids is 1. The maximum atomic E-state index is 11.6. The van der Waals surface area contributed by atoms with E-state index < -0.39 is 13.8 Å².